The topological polar surface area (TPSA) is 51.5 Å². The summed E-state index contributed by atoms with van der Waals surface area (Å²) in [6, 6.07) is 11.1. The normalized spacial score (nSPS) is 10.8. The zero-order valence-electron chi connectivity index (χ0n) is 12.4. The number of anilines is 1. The van der Waals surface area contributed by atoms with Gasteiger partial charge < -0.3 is 14.5 Å². The van der Waals surface area contributed by atoms with E-state index in [0.29, 0.717) is 22.8 Å². The van der Waals surface area contributed by atoms with Gasteiger partial charge in [0.25, 0.3) is 5.91 Å². The van der Waals surface area contributed by atoms with Gasteiger partial charge >= 0.3 is 0 Å². The van der Waals surface area contributed by atoms with Crippen molar-refractivity contribution in [3.8, 4) is 5.75 Å². The number of nitrogens with one attached hydrogen (secondary N) is 1. The van der Waals surface area contributed by atoms with E-state index in [1.54, 1.807) is 19.2 Å². The number of amides is 1. The highest BCUT2D eigenvalue weighted by atomic mass is 79.9. The summed E-state index contributed by atoms with van der Waals surface area (Å²) in [6.45, 7) is 1.87. The van der Waals surface area contributed by atoms with Gasteiger partial charge in [0.15, 0.2) is 5.76 Å². The largest absolute Gasteiger partial charge is 0.495 e. The molecule has 2 aromatic carbocycles. The SMILES string of the molecule is COc1ccc(Br)cc1NC(=O)c1oc2ccc(Br)cc2c1C. The second-order valence-corrected chi connectivity index (χ2v) is 6.83. The monoisotopic (exact) mass is 437 g/mol. The molecule has 0 aliphatic rings. The molecular formula is C17H13Br2NO3. The van der Waals surface area contributed by atoms with Crippen LogP contribution >= 0.6 is 31.9 Å². The molecule has 1 N–H and O–H groups in total. The number of rotatable bonds is 3. The number of hydrogen-bond donors (Lipinski definition) is 1. The lowest BCUT2D eigenvalue weighted by Gasteiger charge is -2.09. The smallest absolute Gasteiger partial charge is 0.291 e. The molecule has 118 valence electrons. The quantitative estimate of drug-likeness (QED) is 0.585. The third-order valence-electron chi connectivity index (χ3n) is 3.51. The van der Waals surface area contributed by atoms with E-state index in [2.05, 4.69) is 37.2 Å². The first kappa shape index (κ1) is 16.1. The molecule has 3 aromatic rings. The van der Waals surface area contributed by atoms with Crippen molar-refractivity contribution in [1.29, 1.82) is 0 Å². The Hall–Kier alpha value is -1.79. The van der Waals surface area contributed by atoms with E-state index in [1.165, 1.54) is 0 Å². The molecule has 0 bridgehead atoms. The molecule has 0 unspecified atom stereocenters. The van der Waals surface area contributed by atoms with Crippen LogP contribution < -0.4 is 10.1 Å². The first-order valence-corrected chi connectivity index (χ1v) is 8.41. The lowest BCUT2D eigenvalue weighted by Crippen LogP contribution is -2.13. The number of benzene rings is 2. The van der Waals surface area contributed by atoms with Gasteiger partial charge in [-0.3, -0.25) is 4.79 Å². The predicted molar refractivity (Wildman–Crippen MR) is 97.3 cm³/mol. The number of hydrogen-bond acceptors (Lipinski definition) is 3. The summed E-state index contributed by atoms with van der Waals surface area (Å²) in [4.78, 5) is 12.6. The minimum atomic E-state index is -0.314. The van der Waals surface area contributed by atoms with Gasteiger partial charge in [0.2, 0.25) is 0 Å². The van der Waals surface area contributed by atoms with Gasteiger partial charge in [-0.2, -0.15) is 0 Å². The van der Waals surface area contributed by atoms with Crippen molar-refractivity contribution in [1.82, 2.24) is 0 Å². The van der Waals surface area contributed by atoms with E-state index in [0.717, 1.165) is 19.9 Å². The molecule has 0 spiro atoms. The van der Waals surface area contributed by atoms with Crippen LogP contribution in [0, 0.1) is 6.92 Å². The Balaban J connectivity index is 1.98. The van der Waals surface area contributed by atoms with E-state index in [4.69, 9.17) is 9.15 Å². The van der Waals surface area contributed by atoms with E-state index in [1.807, 2.05) is 31.2 Å². The van der Waals surface area contributed by atoms with Crippen molar-refractivity contribution in [2.45, 2.75) is 6.92 Å². The average Bonchev–Trinajstić information content (AvgIpc) is 2.84. The van der Waals surface area contributed by atoms with Gasteiger partial charge in [-0.05, 0) is 43.3 Å². The van der Waals surface area contributed by atoms with Crippen molar-refractivity contribution >= 4 is 54.4 Å². The second kappa shape index (κ2) is 6.37. The summed E-state index contributed by atoms with van der Waals surface area (Å²) in [5, 5.41) is 3.74. The van der Waals surface area contributed by atoms with Gasteiger partial charge in [0.1, 0.15) is 11.3 Å². The molecule has 23 heavy (non-hydrogen) atoms. The lowest BCUT2D eigenvalue weighted by molar-refractivity contribution is 0.0997. The van der Waals surface area contributed by atoms with Crippen molar-refractivity contribution in [2.75, 3.05) is 12.4 Å². The number of methoxy groups -OCH3 is 1. The Morgan fingerprint density at radius 1 is 1.13 bits per heavy atom. The highest BCUT2D eigenvalue weighted by Crippen LogP contribution is 2.31. The van der Waals surface area contributed by atoms with Gasteiger partial charge in [-0.25, -0.2) is 0 Å². The Bertz CT molecular complexity index is 902. The number of ether oxygens (including phenoxy) is 1. The fourth-order valence-electron chi connectivity index (χ4n) is 2.37. The second-order valence-electron chi connectivity index (χ2n) is 5.00. The van der Waals surface area contributed by atoms with E-state index < -0.39 is 0 Å². The third kappa shape index (κ3) is 3.14. The minimum absolute atomic E-state index is 0.292. The molecular weight excluding hydrogens is 426 g/mol. The van der Waals surface area contributed by atoms with Crippen LogP contribution in [-0.2, 0) is 0 Å². The minimum Gasteiger partial charge on any atom is -0.495 e. The summed E-state index contributed by atoms with van der Waals surface area (Å²) in [7, 11) is 1.56. The summed E-state index contributed by atoms with van der Waals surface area (Å²) in [5.41, 5.74) is 2.05. The van der Waals surface area contributed by atoms with Crippen molar-refractivity contribution in [2.24, 2.45) is 0 Å². The molecule has 0 aliphatic heterocycles. The summed E-state index contributed by atoms with van der Waals surface area (Å²) < 4.78 is 12.8. The zero-order valence-corrected chi connectivity index (χ0v) is 15.6. The molecule has 3 rings (SSSR count). The summed E-state index contributed by atoms with van der Waals surface area (Å²) in [5.74, 6) is 0.560. The molecule has 6 heteroatoms. The lowest BCUT2D eigenvalue weighted by atomic mass is 10.1. The number of carbonyl (C=O) groups excluding carboxylic acids is 1. The summed E-state index contributed by atoms with van der Waals surface area (Å²) in [6.07, 6.45) is 0. The molecule has 1 aromatic heterocycles. The van der Waals surface area contributed by atoms with E-state index in [-0.39, 0.29) is 5.91 Å². The van der Waals surface area contributed by atoms with Crippen LogP contribution in [0.15, 0.2) is 49.8 Å². The van der Waals surface area contributed by atoms with Gasteiger partial charge in [-0.15, -0.1) is 0 Å². The fourth-order valence-corrected chi connectivity index (χ4v) is 3.09. The Labute approximate surface area is 150 Å². The first-order chi connectivity index (χ1) is 11.0. The van der Waals surface area contributed by atoms with Crippen LogP contribution in [0.4, 0.5) is 5.69 Å². The van der Waals surface area contributed by atoms with Crippen LogP contribution in [-0.4, -0.2) is 13.0 Å². The number of aryl methyl sites for hydroxylation is 1. The molecule has 1 heterocycles. The van der Waals surface area contributed by atoms with Crippen molar-refractivity contribution in [3.63, 3.8) is 0 Å². The number of halogens is 2. The fraction of sp³-hybridized carbons (Fsp3) is 0.118. The predicted octanol–water partition coefficient (Wildman–Crippen LogP) is 5.53. The molecule has 0 aliphatic carbocycles. The standard InChI is InChI=1S/C17H13Br2NO3/c1-9-12-7-10(18)3-5-14(12)23-16(9)17(21)20-13-8-11(19)4-6-15(13)22-2/h3-8H,1-2H3,(H,20,21). The van der Waals surface area contributed by atoms with E-state index in [9.17, 15) is 4.79 Å². The van der Waals surface area contributed by atoms with Gasteiger partial charge in [0.05, 0.1) is 12.8 Å². The van der Waals surface area contributed by atoms with Crippen molar-refractivity contribution < 1.29 is 13.9 Å². The number of carbonyl (C=O) groups is 1. The van der Waals surface area contributed by atoms with Crippen LogP contribution in [0.3, 0.4) is 0 Å². The Morgan fingerprint density at radius 3 is 2.57 bits per heavy atom. The van der Waals surface area contributed by atoms with E-state index >= 15 is 0 Å². The number of furan rings is 1. The van der Waals surface area contributed by atoms with Crippen LogP contribution in [0.25, 0.3) is 11.0 Å². The Kier molecular flexibility index (Phi) is 4.46. The molecule has 0 fully saturated rings. The van der Waals surface area contributed by atoms with Crippen molar-refractivity contribution in [3.05, 3.63) is 56.7 Å². The molecule has 1 amide bonds. The van der Waals surface area contributed by atoms with Crippen LogP contribution in [0.5, 0.6) is 5.75 Å². The molecule has 0 saturated carbocycles. The van der Waals surface area contributed by atoms with Gasteiger partial charge in [0, 0.05) is 19.9 Å². The highest BCUT2D eigenvalue weighted by molar-refractivity contribution is 9.10. The molecule has 4 nitrogen and oxygen atoms in total. The van der Waals surface area contributed by atoms with Crippen LogP contribution in [0.1, 0.15) is 16.1 Å². The zero-order chi connectivity index (χ0) is 16.6. The number of fused-ring (bicyclic) bond motifs is 1. The maximum Gasteiger partial charge on any atom is 0.291 e. The maximum atomic E-state index is 12.6. The van der Waals surface area contributed by atoms with Crippen LogP contribution in [0.2, 0.25) is 0 Å². The third-order valence-corrected chi connectivity index (χ3v) is 4.50. The first-order valence-electron chi connectivity index (χ1n) is 6.83. The molecule has 0 radical (unpaired) electrons. The highest BCUT2D eigenvalue weighted by Gasteiger charge is 2.19. The maximum absolute atomic E-state index is 12.6. The molecule has 0 atom stereocenters. The Morgan fingerprint density at radius 2 is 1.83 bits per heavy atom. The van der Waals surface area contributed by atoms with Gasteiger partial charge in [-0.1, -0.05) is 31.9 Å². The molecule has 0 saturated heterocycles. The average molecular weight is 439 g/mol. The summed E-state index contributed by atoms with van der Waals surface area (Å²) >= 11 is 6.82.